The largest absolute Gasteiger partial charge is 0.369 e. The average Bonchev–Trinajstić information content (AvgIpc) is 3.43. The van der Waals surface area contributed by atoms with Gasteiger partial charge in [0, 0.05) is 49.0 Å². The van der Waals surface area contributed by atoms with Gasteiger partial charge in [0.05, 0.1) is 11.1 Å². The Kier molecular flexibility index (Phi) is 4.94. The number of imidazole rings is 1. The van der Waals surface area contributed by atoms with Gasteiger partial charge in [0.1, 0.15) is 11.3 Å². The zero-order valence-electron chi connectivity index (χ0n) is 16.6. The van der Waals surface area contributed by atoms with Crippen molar-refractivity contribution in [2.24, 2.45) is 0 Å². The summed E-state index contributed by atoms with van der Waals surface area (Å²) in [5, 5.41) is 5.25. The van der Waals surface area contributed by atoms with Gasteiger partial charge in [0.2, 0.25) is 0 Å². The fourth-order valence-electron chi connectivity index (χ4n) is 3.72. The molecule has 2 N–H and O–H groups in total. The van der Waals surface area contributed by atoms with Crippen LogP contribution in [0.2, 0.25) is 0 Å². The van der Waals surface area contributed by atoms with Crippen molar-refractivity contribution < 1.29 is 4.79 Å². The predicted molar refractivity (Wildman–Crippen MR) is 121 cm³/mol. The molecule has 0 spiro atoms. The molecule has 2 aromatic carbocycles. The smallest absolute Gasteiger partial charge is 0.259 e. The lowest BCUT2D eigenvalue weighted by atomic mass is 10.1. The molecule has 0 radical (unpaired) electrons. The van der Waals surface area contributed by atoms with E-state index in [9.17, 15) is 4.79 Å². The third-order valence-corrected chi connectivity index (χ3v) is 6.09. The molecule has 8 heteroatoms. The highest BCUT2D eigenvalue weighted by Crippen LogP contribution is 2.27. The molecule has 30 heavy (non-hydrogen) atoms. The van der Waals surface area contributed by atoms with Crippen LogP contribution in [0.5, 0.6) is 0 Å². The quantitative estimate of drug-likeness (QED) is 0.529. The van der Waals surface area contributed by atoms with E-state index in [2.05, 4.69) is 50.3 Å². The maximum Gasteiger partial charge on any atom is 0.259 e. The highest BCUT2D eigenvalue weighted by Gasteiger charge is 2.17. The molecule has 5 rings (SSSR count). The normalized spacial score (nSPS) is 14.9. The van der Waals surface area contributed by atoms with Crippen molar-refractivity contribution in [3.05, 3.63) is 59.6 Å². The van der Waals surface area contributed by atoms with Gasteiger partial charge >= 0.3 is 0 Å². The lowest BCUT2D eigenvalue weighted by Gasteiger charge is -2.34. The SMILES string of the molecule is CN1CCN(c2cccc(-c3nc4c(C(=O)Nc5nccs5)cccc4[nH]3)c2)CC1. The predicted octanol–water partition coefficient (Wildman–Crippen LogP) is 3.69. The number of aromatic amines is 1. The zero-order chi connectivity index (χ0) is 20.5. The van der Waals surface area contributed by atoms with Gasteiger partial charge < -0.3 is 14.8 Å². The minimum Gasteiger partial charge on any atom is -0.369 e. The molecule has 2 aromatic heterocycles. The summed E-state index contributed by atoms with van der Waals surface area (Å²) in [4.78, 5) is 29.8. The van der Waals surface area contributed by atoms with Gasteiger partial charge in [-0.2, -0.15) is 0 Å². The van der Waals surface area contributed by atoms with Crippen molar-refractivity contribution in [3.63, 3.8) is 0 Å². The first-order valence-corrected chi connectivity index (χ1v) is 10.8. The van der Waals surface area contributed by atoms with Crippen molar-refractivity contribution in [2.75, 3.05) is 43.4 Å². The number of rotatable bonds is 4. The zero-order valence-corrected chi connectivity index (χ0v) is 17.4. The van der Waals surface area contributed by atoms with Crippen LogP contribution in [0.4, 0.5) is 10.8 Å². The Morgan fingerprint density at radius 2 is 1.97 bits per heavy atom. The fraction of sp³-hybridized carbons (Fsp3) is 0.227. The Labute approximate surface area is 178 Å². The highest BCUT2D eigenvalue weighted by molar-refractivity contribution is 7.13. The molecular formula is C22H22N6OS. The number of aromatic nitrogens is 3. The third kappa shape index (κ3) is 3.67. The first-order chi connectivity index (χ1) is 14.7. The van der Waals surface area contributed by atoms with Gasteiger partial charge in [-0.25, -0.2) is 9.97 Å². The summed E-state index contributed by atoms with van der Waals surface area (Å²) >= 11 is 1.39. The van der Waals surface area contributed by atoms with Crippen LogP contribution >= 0.6 is 11.3 Å². The molecule has 1 amide bonds. The maximum absolute atomic E-state index is 12.7. The summed E-state index contributed by atoms with van der Waals surface area (Å²) in [6.07, 6.45) is 1.67. The maximum atomic E-state index is 12.7. The number of nitrogens with zero attached hydrogens (tertiary/aromatic N) is 4. The number of likely N-dealkylation sites (N-methyl/N-ethyl adjacent to an activating group) is 1. The second-order valence-corrected chi connectivity index (χ2v) is 8.31. The average molecular weight is 419 g/mol. The first-order valence-electron chi connectivity index (χ1n) is 9.91. The molecule has 1 saturated heterocycles. The number of piperazine rings is 1. The van der Waals surface area contributed by atoms with Crippen molar-refractivity contribution in [1.82, 2.24) is 19.9 Å². The number of nitrogens with one attached hydrogen (secondary N) is 2. The number of thiazole rings is 1. The van der Waals surface area contributed by atoms with Crippen LogP contribution in [0.25, 0.3) is 22.4 Å². The Hall–Kier alpha value is -3.23. The molecule has 1 aliphatic rings. The van der Waals surface area contributed by atoms with Crippen molar-refractivity contribution in [1.29, 1.82) is 0 Å². The van der Waals surface area contributed by atoms with Gasteiger partial charge in [-0.1, -0.05) is 18.2 Å². The standard InChI is InChI=1S/C22H22N6OS/c1-27-9-11-28(12-10-27)16-5-2-4-15(14-16)20-24-18-7-3-6-17(19(18)25-20)21(29)26-22-23-8-13-30-22/h2-8,13-14H,9-12H2,1H3,(H,24,25)(H,23,26,29). The summed E-state index contributed by atoms with van der Waals surface area (Å²) in [6, 6.07) is 14.0. The lowest BCUT2D eigenvalue weighted by Crippen LogP contribution is -2.44. The second kappa shape index (κ2) is 7.89. The number of benzene rings is 2. The number of hydrogen-bond donors (Lipinski definition) is 2. The molecule has 0 bridgehead atoms. The summed E-state index contributed by atoms with van der Waals surface area (Å²) in [6.45, 7) is 4.15. The lowest BCUT2D eigenvalue weighted by molar-refractivity contribution is 0.102. The van der Waals surface area contributed by atoms with Crippen LogP contribution in [0.3, 0.4) is 0 Å². The summed E-state index contributed by atoms with van der Waals surface area (Å²) in [7, 11) is 2.16. The summed E-state index contributed by atoms with van der Waals surface area (Å²) in [5.41, 5.74) is 4.23. The number of amides is 1. The number of carbonyl (C=O) groups is 1. The Morgan fingerprint density at radius 3 is 2.77 bits per heavy atom. The monoisotopic (exact) mass is 418 g/mol. The van der Waals surface area contributed by atoms with E-state index < -0.39 is 0 Å². The summed E-state index contributed by atoms with van der Waals surface area (Å²) < 4.78 is 0. The van der Waals surface area contributed by atoms with Gasteiger partial charge in [0.25, 0.3) is 5.91 Å². The molecule has 0 aliphatic carbocycles. The summed E-state index contributed by atoms with van der Waals surface area (Å²) in [5.74, 6) is 0.551. The van der Waals surface area contributed by atoms with E-state index in [1.54, 1.807) is 12.3 Å². The van der Waals surface area contributed by atoms with E-state index in [0.717, 1.165) is 43.1 Å². The molecule has 4 aromatic rings. The van der Waals surface area contributed by atoms with Gasteiger partial charge in [-0.3, -0.25) is 10.1 Å². The highest BCUT2D eigenvalue weighted by atomic mass is 32.1. The van der Waals surface area contributed by atoms with E-state index in [1.165, 1.54) is 17.0 Å². The molecule has 152 valence electrons. The molecule has 0 atom stereocenters. The van der Waals surface area contributed by atoms with Crippen LogP contribution in [0, 0.1) is 0 Å². The van der Waals surface area contributed by atoms with Crippen LogP contribution in [0.15, 0.2) is 54.0 Å². The molecule has 0 unspecified atom stereocenters. The second-order valence-electron chi connectivity index (χ2n) is 7.42. The minimum atomic E-state index is -0.209. The van der Waals surface area contributed by atoms with E-state index in [4.69, 9.17) is 4.98 Å². The molecule has 0 saturated carbocycles. The Morgan fingerprint density at radius 1 is 1.13 bits per heavy atom. The first kappa shape index (κ1) is 18.8. The van der Waals surface area contributed by atoms with Crippen LogP contribution < -0.4 is 10.2 Å². The van der Waals surface area contributed by atoms with E-state index in [-0.39, 0.29) is 5.91 Å². The van der Waals surface area contributed by atoms with E-state index in [0.29, 0.717) is 16.2 Å². The molecular weight excluding hydrogens is 396 g/mol. The fourth-order valence-corrected chi connectivity index (χ4v) is 4.24. The number of anilines is 2. The molecule has 7 nitrogen and oxygen atoms in total. The van der Waals surface area contributed by atoms with E-state index >= 15 is 0 Å². The topological polar surface area (TPSA) is 77.2 Å². The van der Waals surface area contributed by atoms with Gasteiger partial charge in [-0.15, -0.1) is 11.3 Å². The van der Waals surface area contributed by atoms with Crippen molar-refractivity contribution in [2.45, 2.75) is 0 Å². The number of hydrogen-bond acceptors (Lipinski definition) is 6. The molecule has 1 fully saturated rings. The number of fused-ring (bicyclic) bond motifs is 1. The molecule has 1 aliphatic heterocycles. The molecule has 3 heterocycles. The van der Waals surface area contributed by atoms with Gasteiger partial charge in [0.15, 0.2) is 5.13 Å². The third-order valence-electron chi connectivity index (χ3n) is 5.40. The Bertz CT molecular complexity index is 1180. The number of para-hydroxylation sites is 1. The van der Waals surface area contributed by atoms with Gasteiger partial charge in [-0.05, 0) is 31.3 Å². The Balaban J connectivity index is 1.46. The number of carbonyl (C=O) groups excluding carboxylic acids is 1. The number of H-pyrrole nitrogens is 1. The van der Waals surface area contributed by atoms with Crippen LogP contribution in [-0.2, 0) is 0 Å². The van der Waals surface area contributed by atoms with Crippen LogP contribution in [0.1, 0.15) is 10.4 Å². The van der Waals surface area contributed by atoms with Crippen molar-refractivity contribution in [3.8, 4) is 11.4 Å². The van der Waals surface area contributed by atoms with Crippen LogP contribution in [-0.4, -0.2) is 59.0 Å². The van der Waals surface area contributed by atoms with E-state index in [1.807, 2.05) is 23.6 Å². The minimum absolute atomic E-state index is 0.209. The van der Waals surface area contributed by atoms with Crippen molar-refractivity contribution >= 4 is 39.1 Å².